The smallest absolute Gasteiger partial charge is 0.0673 e. The average Bonchev–Trinajstić information content (AvgIpc) is 2.52. The van der Waals surface area contributed by atoms with Crippen LogP contribution in [-0.2, 0) is 4.74 Å². The fraction of sp³-hybridized carbons (Fsp3) is 1.00. The number of likely N-dealkylation sites (N-methyl/N-ethyl adjacent to an activating group) is 1. The molecule has 0 radical (unpaired) electrons. The van der Waals surface area contributed by atoms with Crippen LogP contribution >= 0.6 is 0 Å². The standard InChI is InChI=1S/C10H22N2O/c1-4-13-9(2)7-12-6-5-10(8-12)11-3/h9-11H,4-8H2,1-3H3. The van der Waals surface area contributed by atoms with Gasteiger partial charge in [-0.2, -0.15) is 0 Å². The van der Waals surface area contributed by atoms with E-state index in [1.54, 1.807) is 0 Å². The van der Waals surface area contributed by atoms with E-state index in [0.29, 0.717) is 12.1 Å². The molecule has 0 amide bonds. The minimum absolute atomic E-state index is 0.376. The molecule has 0 saturated carbocycles. The van der Waals surface area contributed by atoms with Crippen molar-refractivity contribution < 1.29 is 4.74 Å². The van der Waals surface area contributed by atoms with Crippen LogP contribution in [0.1, 0.15) is 20.3 Å². The summed E-state index contributed by atoms with van der Waals surface area (Å²) in [5.41, 5.74) is 0. The van der Waals surface area contributed by atoms with Crippen LogP contribution < -0.4 is 5.32 Å². The summed E-state index contributed by atoms with van der Waals surface area (Å²) in [6, 6.07) is 0.689. The van der Waals surface area contributed by atoms with Gasteiger partial charge in [0.2, 0.25) is 0 Å². The van der Waals surface area contributed by atoms with Gasteiger partial charge in [-0.3, -0.25) is 4.90 Å². The summed E-state index contributed by atoms with van der Waals surface area (Å²) < 4.78 is 5.51. The second-order valence-corrected chi connectivity index (χ2v) is 3.80. The average molecular weight is 186 g/mol. The van der Waals surface area contributed by atoms with Crippen LogP contribution in [0.15, 0.2) is 0 Å². The third-order valence-electron chi connectivity index (χ3n) is 2.65. The molecule has 3 heteroatoms. The maximum absolute atomic E-state index is 5.51. The third kappa shape index (κ3) is 3.63. The number of likely N-dealkylation sites (tertiary alicyclic amines) is 1. The van der Waals surface area contributed by atoms with Crippen LogP contribution in [0.4, 0.5) is 0 Å². The summed E-state index contributed by atoms with van der Waals surface area (Å²) in [5, 5.41) is 3.32. The Balaban J connectivity index is 2.16. The van der Waals surface area contributed by atoms with Gasteiger partial charge in [-0.05, 0) is 33.9 Å². The number of hydrogen-bond acceptors (Lipinski definition) is 3. The van der Waals surface area contributed by atoms with Gasteiger partial charge in [0.05, 0.1) is 6.10 Å². The molecule has 0 aliphatic carbocycles. The third-order valence-corrected chi connectivity index (χ3v) is 2.65. The van der Waals surface area contributed by atoms with E-state index in [1.165, 1.54) is 19.5 Å². The van der Waals surface area contributed by atoms with Gasteiger partial charge in [0.25, 0.3) is 0 Å². The highest BCUT2D eigenvalue weighted by Crippen LogP contribution is 2.09. The predicted octanol–water partition coefficient (Wildman–Crippen LogP) is 0.705. The van der Waals surface area contributed by atoms with Gasteiger partial charge in [-0.25, -0.2) is 0 Å². The van der Waals surface area contributed by atoms with E-state index in [-0.39, 0.29) is 0 Å². The van der Waals surface area contributed by atoms with Crippen molar-refractivity contribution in [1.29, 1.82) is 0 Å². The zero-order chi connectivity index (χ0) is 9.68. The van der Waals surface area contributed by atoms with Gasteiger partial charge in [-0.15, -0.1) is 0 Å². The Labute approximate surface area is 81.4 Å². The lowest BCUT2D eigenvalue weighted by Crippen LogP contribution is -2.34. The van der Waals surface area contributed by atoms with Crippen LogP contribution in [-0.4, -0.2) is 50.3 Å². The highest BCUT2D eigenvalue weighted by molar-refractivity contribution is 4.80. The molecule has 1 N–H and O–H groups in total. The van der Waals surface area contributed by atoms with E-state index in [0.717, 1.165) is 13.2 Å². The summed E-state index contributed by atoms with van der Waals surface area (Å²) in [6.45, 7) is 8.49. The Morgan fingerprint density at radius 1 is 1.62 bits per heavy atom. The SMILES string of the molecule is CCOC(C)CN1CCC(NC)C1. The second-order valence-electron chi connectivity index (χ2n) is 3.80. The molecule has 1 aliphatic heterocycles. The Morgan fingerprint density at radius 2 is 2.38 bits per heavy atom. The maximum Gasteiger partial charge on any atom is 0.0673 e. The van der Waals surface area contributed by atoms with Gasteiger partial charge in [-0.1, -0.05) is 0 Å². The Morgan fingerprint density at radius 3 is 2.92 bits per heavy atom. The van der Waals surface area contributed by atoms with E-state index in [1.807, 2.05) is 7.05 Å². The molecule has 0 aromatic rings. The molecule has 3 nitrogen and oxygen atoms in total. The van der Waals surface area contributed by atoms with Crippen molar-refractivity contribution in [3.8, 4) is 0 Å². The lowest BCUT2D eigenvalue weighted by molar-refractivity contribution is 0.0511. The van der Waals surface area contributed by atoms with Crippen molar-refractivity contribution in [3.05, 3.63) is 0 Å². The van der Waals surface area contributed by atoms with E-state index < -0.39 is 0 Å². The summed E-state index contributed by atoms with van der Waals surface area (Å²) in [5.74, 6) is 0. The van der Waals surface area contributed by atoms with Crippen molar-refractivity contribution in [2.75, 3.05) is 33.3 Å². The Hall–Kier alpha value is -0.120. The fourth-order valence-electron chi connectivity index (χ4n) is 1.93. The lowest BCUT2D eigenvalue weighted by atomic mass is 10.3. The molecular formula is C10H22N2O. The highest BCUT2D eigenvalue weighted by atomic mass is 16.5. The minimum Gasteiger partial charge on any atom is -0.377 e. The first-order chi connectivity index (χ1) is 6.26. The van der Waals surface area contributed by atoms with Crippen LogP contribution in [0.2, 0.25) is 0 Å². The van der Waals surface area contributed by atoms with Crippen LogP contribution in [0.3, 0.4) is 0 Å². The topological polar surface area (TPSA) is 24.5 Å². The molecule has 0 bridgehead atoms. The fourth-order valence-corrected chi connectivity index (χ4v) is 1.93. The molecule has 1 heterocycles. The van der Waals surface area contributed by atoms with Crippen molar-refractivity contribution in [3.63, 3.8) is 0 Å². The highest BCUT2D eigenvalue weighted by Gasteiger charge is 2.21. The van der Waals surface area contributed by atoms with Crippen LogP contribution in [0.5, 0.6) is 0 Å². The molecule has 13 heavy (non-hydrogen) atoms. The number of ether oxygens (including phenoxy) is 1. The van der Waals surface area contributed by atoms with Gasteiger partial charge >= 0.3 is 0 Å². The zero-order valence-electron chi connectivity index (χ0n) is 9.05. The number of hydrogen-bond donors (Lipinski definition) is 1. The molecule has 78 valence electrons. The normalized spacial score (nSPS) is 26.5. The molecule has 1 saturated heterocycles. The molecule has 1 rings (SSSR count). The maximum atomic E-state index is 5.51. The van der Waals surface area contributed by atoms with Crippen LogP contribution in [0.25, 0.3) is 0 Å². The Kier molecular flexibility index (Phi) is 4.70. The van der Waals surface area contributed by atoms with Gasteiger partial charge < -0.3 is 10.1 Å². The summed E-state index contributed by atoms with van der Waals surface area (Å²) >= 11 is 0. The van der Waals surface area contributed by atoms with Crippen LogP contribution in [0, 0.1) is 0 Å². The molecular weight excluding hydrogens is 164 g/mol. The quantitative estimate of drug-likeness (QED) is 0.684. The molecule has 2 atom stereocenters. The number of nitrogens with zero attached hydrogens (tertiary/aromatic N) is 1. The molecule has 0 spiro atoms. The number of rotatable bonds is 5. The van der Waals surface area contributed by atoms with E-state index in [9.17, 15) is 0 Å². The monoisotopic (exact) mass is 186 g/mol. The summed E-state index contributed by atoms with van der Waals surface area (Å²) in [7, 11) is 2.04. The molecule has 0 aromatic heterocycles. The van der Waals surface area contributed by atoms with Crippen molar-refractivity contribution in [2.45, 2.75) is 32.4 Å². The van der Waals surface area contributed by atoms with Crippen molar-refractivity contribution >= 4 is 0 Å². The molecule has 0 aromatic carbocycles. The van der Waals surface area contributed by atoms with E-state index in [2.05, 4.69) is 24.1 Å². The van der Waals surface area contributed by atoms with E-state index in [4.69, 9.17) is 4.74 Å². The number of nitrogens with one attached hydrogen (secondary N) is 1. The van der Waals surface area contributed by atoms with E-state index >= 15 is 0 Å². The first-order valence-electron chi connectivity index (χ1n) is 5.27. The first-order valence-corrected chi connectivity index (χ1v) is 5.27. The second kappa shape index (κ2) is 5.58. The summed E-state index contributed by atoms with van der Waals surface area (Å²) in [6.07, 6.45) is 1.65. The largest absolute Gasteiger partial charge is 0.377 e. The Bertz CT molecular complexity index is 141. The predicted molar refractivity (Wildman–Crippen MR) is 55.0 cm³/mol. The van der Waals surface area contributed by atoms with Gasteiger partial charge in [0, 0.05) is 25.7 Å². The first kappa shape index (κ1) is 11.0. The van der Waals surface area contributed by atoms with Crippen molar-refractivity contribution in [2.24, 2.45) is 0 Å². The lowest BCUT2D eigenvalue weighted by Gasteiger charge is -2.20. The minimum atomic E-state index is 0.376. The van der Waals surface area contributed by atoms with Crippen molar-refractivity contribution in [1.82, 2.24) is 10.2 Å². The zero-order valence-corrected chi connectivity index (χ0v) is 9.05. The molecule has 1 aliphatic rings. The molecule has 1 fully saturated rings. The summed E-state index contributed by atoms with van der Waals surface area (Å²) in [4.78, 5) is 2.47. The molecule has 2 unspecified atom stereocenters. The van der Waals surface area contributed by atoms with Gasteiger partial charge in [0.1, 0.15) is 0 Å². The van der Waals surface area contributed by atoms with Gasteiger partial charge in [0.15, 0.2) is 0 Å².